The minimum atomic E-state index is 0.913. The van der Waals surface area contributed by atoms with Gasteiger partial charge in [-0.25, -0.2) is 4.98 Å². The largest absolute Gasteiger partial charge is 0.308 e. The Morgan fingerprint density at radius 1 is 0.392 bits per heavy atom. The Balaban J connectivity index is 1.30. The molecule has 7 aromatic carbocycles. The van der Waals surface area contributed by atoms with E-state index in [9.17, 15) is 0 Å². The topological polar surface area (TPSA) is 41.9 Å². The Hall–Kier alpha value is -6.91. The van der Waals surface area contributed by atoms with Crippen LogP contribution in [0, 0.1) is 0 Å². The molecule has 4 nitrogen and oxygen atoms in total. The second-order valence-corrected chi connectivity index (χ2v) is 12.8. The van der Waals surface area contributed by atoms with E-state index in [1.165, 1.54) is 16.2 Å². The first-order valence-electron chi connectivity index (χ1n) is 17.2. The van der Waals surface area contributed by atoms with Gasteiger partial charge in [0.1, 0.15) is 0 Å². The van der Waals surface area contributed by atoms with Gasteiger partial charge in [-0.05, 0) is 70.4 Å². The fraction of sp³-hybridized carbons (Fsp3) is 0. The molecule has 0 unspecified atom stereocenters. The maximum Gasteiger partial charge on any atom is 0.0970 e. The van der Waals surface area contributed by atoms with Crippen LogP contribution in [-0.2, 0) is 0 Å². The van der Waals surface area contributed by atoms with E-state index in [-0.39, 0.29) is 0 Å². The molecule has 0 aliphatic rings. The van der Waals surface area contributed by atoms with Gasteiger partial charge in [-0.15, -0.1) is 0 Å². The van der Waals surface area contributed by atoms with Gasteiger partial charge in [0.15, 0.2) is 0 Å². The second-order valence-electron chi connectivity index (χ2n) is 12.8. The van der Waals surface area contributed by atoms with Crippen LogP contribution in [0.5, 0.6) is 0 Å². The lowest BCUT2D eigenvalue weighted by Crippen LogP contribution is -2.11. The van der Waals surface area contributed by atoms with Crippen molar-refractivity contribution < 1.29 is 0 Å². The highest BCUT2D eigenvalue weighted by Crippen LogP contribution is 2.44. The summed E-state index contributed by atoms with van der Waals surface area (Å²) in [4.78, 5) is 17.4. The van der Waals surface area contributed by atoms with Crippen LogP contribution in [0.3, 0.4) is 0 Å². The minimum absolute atomic E-state index is 0.913. The van der Waals surface area contributed by atoms with Crippen molar-refractivity contribution in [2.24, 2.45) is 0 Å². The zero-order valence-electron chi connectivity index (χ0n) is 27.6. The molecule has 3 aromatic heterocycles. The van der Waals surface area contributed by atoms with Crippen molar-refractivity contribution in [1.82, 2.24) is 15.0 Å². The summed E-state index contributed by atoms with van der Waals surface area (Å²) in [5, 5.41) is 7.95. The Labute approximate surface area is 294 Å². The summed E-state index contributed by atoms with van der Waals surface area (Å²) >= 11 is 0. The number of benzene rings is 7. The Morgan fingerprint density at radius 3 is 1.86 bits per heavy atom. The third-order valence-electron chi connectivity index (χ3n) is 9.90. The van der Waals surface area contributed by atoms with Gasteiger partial charge in [0.25, 0.3) is 0 Å². The van der Waals surface area contributed by atoms with Crippen LogP contribution >= 0.6 is 0 Å². The van der Waals surface area contributed by atoms with Crippen LogP contribution in [0.1, 0.15) is 0 Å². The molecule has 10 aromatic rings. The number of nitrogens with zero attached hydrogens (tertiary/aromatic N) is 4. The minimum Gasteiger partial charge on any atom is -0.308 e. The van der Waals surface area contributed by atoms with Crippen molar-refractivity contribution in [1.29, 1.82) is 0 Å². The van der Waals surface area contributed by atoms with E-state index in [4.69, 9.17) is 15.0 Å². The predicted octanol–water partition coefficient (Wildman–Crippen LogP) is 12.4. The van der Waals surface area contributed by atoms with E-state index in [0.717, 1.165) is 77.5 Å². The summed E-state index contributed by atoms with van der Waals surface area (Å²) in [5.74, 6) is 0. The fourth-order valence-electron chi connectivity index (χ4n) is 7.58. The number of hydrogen-bond acceptors (Lipinski definition) is 4. The number of hydrogen-bond donors (Lipinski definition) is 0. The van der Waals surface area contributed by atoms with Gasteiger partial charge in [0.05, 0.1) is 27.9 Å². The fourth-order valence-corrected chi connectivity index (χ4v) is 7.58. The standard InChI is InChI=1S/C47H30N4/c1-4-12-32(13-5-1)44-40-26-23-31-21-22-34(37-27-29-49-47-38(37)25-24-33-14-11-28-48-45(33)47)30-41(31)43(40)39-19-10-20-42(46(39)50-44)51(35-15-6-2-7-16-35)36-17-8-3-9-18-36/h1-30H. The molecule has 0 bridgehead atoms. The lowest BCUT2D eigenvalue weighted by atomic mass is 9.92. The monoisotopic (exact) mass is 650 g/mol. The molecular weight excluding hydrogens is 621 g/mol. The molecule has 0 saturated carbocycles. The molecule has 0 radical (unpaired) electrons. The molecule has 238 valence electrons. The van der Waals surface area contributed by atoms with Gasteiger partial charge in [0.2, 0.25) is 0 Å². The number of pyridine rings is 3. The highest BCUT2D eigenvalue weighted by Gasteiger charge is 2.20. The van der Waals surface area contributed by atoms with Crippen molar-refractivity contribution in [3.63, 3.8) is 0 Å². The van der Waals surface area contributed by atoms with Crippen LogP contribution < -0.4 is 4.90 Å². The van der Waals surface area contributed by atoms with Crippen molar-refractivity contribution >= 4 is 71.3 Å². The summed E-state index contributed by atoms with van der Waals surface area (Å²) in [6.07, 6.45) is 3.74. The summed E-state index contributed by atoms with van der Waals surface area (Å²) in [6.45, 7) is 0. The van der Waals surface area contributed by atoms with Crippen LogP contribution in [0.4, 0.5) is 17.1 Å². The molecule has 0 aliphatic carbocycles. The summed E-state index contributed by atoms with van der Waals surface area (Å²) in [7, 11) is 0. The van der Waals surface area contributed by atoms with E-state index in [1.54, 1.807) is 0 Å². The maximum absolute atomic E-state index is 5.55. The van der Waals surface area contributed by atoms with Gasteiger partial charge < -0.3 is 4.90 Å². The van der Waals surface area contributed by atoms with Crippen molar-refractivity contribution in [2.45, 2.75) is 0 Å². The molecule has 4 heteroatoms. The van der Waals surface area contributed by atoms with Gasteiger partial charge in [-0.2, -0.15) is 0 Å². The van der Waals surface area contributed by atoms with Crippen LogP contribution in [0.25, 0.3) is 76.6 Å². The van der Waals surface area contributed by atoms with E-state index >= 15 is 0 Å². The Kier molecular flexibility index (Phi) is 6.78. The quantitative estimate of drug-likeness (QED) is 0.174. The lowest BCUT2D eigenvalue weighted by Gasteiger charge is -2.27. The third kappa shape index (κ3) is 4.80. The number of fused-ring (bicyclic) bond motifs is 8. The number of aromatic nitrogens is 3. The Morgan fingerprint density at radius 2 is 1.08 bits per heavy atom. The summed E-state index contributed by atoms with van der Waals surface area (Å²) in [5.41, 5.74) is 10.3. The third-order valence-corrected chi connectivity index (χ3v) is 9.90. The summed E-state index contributed by atoms with van der Waals surface area (Å²) in [6, 6.07) is 60.0. The maximum atomic E-state index is 5.55. The molecule has 0 N–H and O–H groups in total. The first kappa shape index (κ1) is 29.0. The SMILES string of the molecule is c1ccc(-c2nc3c(N(c4ccccc4)c4ccccc4)cccc3c3c2ccc2ccc(-c4ccnc5c4ccc4cccnc45)cc23)cc1. The first-order valence-corrected chi connectivity index (χ1v) is 17.2. The molecule has 10 rings (SSSR count). The van der Waals surface area contributed by atoms with Crippen molar-refractivity contribution in [2.75, 3.05) is 4.90 Å². The lowest BCUT2D eigenvalue weighted by molar-refractivity contribution is 1.28. The van der Waals surface area contributed by atoms with Gasteiger partial charge in [-0.1, -0.05) is 121 Å². The molecular formula is C47H30N4. The second kappa shape index (κ2) is 11.9. The molecule has 0 amide bonds. The average Bonchev–Trinajstić information content (AvgIpc) is 3.21. The van der Waals surface area contributed by atoms with Crippen LogP contribution in [-0.4, -0.2) is 15.0 Å². The van der Waals surface area contributed by atoms with E-state index in [1.807, 2.05) is 18.5 Å². The van der Waals surface area contributed by atoms with Crippen molar-refractivity contribution in [3.05, 3.63) is 182 Å². The zero-order chi connectivity index (χ0) is 33.7. The number of rotatable bonds is 5. The van der Waals surface area contributed by atoms with Gasteiger partial charge in [0, 0.05) is 56.3 Å². The number of anilines is 3. The Bertz CT molecular complexity index is 2870. The average molecular weight is 651 g/mol. The van der Waals surface area contributed by atoms with Crippen molar-refractivity contribution in [3.8, 4) is 22.4 Å². The first-order chi connectivity index (χ1) is 25.3. The highest BCUT2D eigenvalue weighted by atomic mass is 15.1. The predicted molar refractivity (Wildman–Crippen MR) is 213 cm³/mol. The molecule has 0 fully saturated rings. The molecule has 51 heavy (non-hydrogen) atoms. The number of para-hydroxylation sites is 3. The molecule has 0 saturated heterocycles. The van der Waals surface area contributed by atoms with Crippen LogP contribution in [0.15, 0.2) is 182 Å². The smallest absolute Gasteiger partial charge is 0.0970 e. The van der Waals surface area contributed by atoms with E-state index in [0.29, 0.717) is 0 Å². The molecule has 3 heterocycles. The van der Waals surface area contributed by atoms with E-state index in [2.05, 4.69) is 169 Å². The zero-order valence-corrected chi connectivity index (χ0v) is 27.6. The van der Waals surface area contributed by atoms with E-state index < -0.39 is 0 Å². The molecule has 0 aliphatic heterocycles. The van der Waals surface area contributed by atoms with Gasteiger partial charge in [-0.3, -0.25) is 9.97 Å². The van der Waals surface area contributed by atoms with Gasteiger partial charge >= 0.3 is 0 Å². The molecule has 0 atom stereocenters. The van der Waals surface area contributed by atoms with Crippen LogP contribution in [0.2, 0.25) is 0 Å². The summed E-state index contributed by atoms with van der Waals surface area (Å²) < 4.78 is 0. The normalized spacial score (nSPS) is 11.5. The highest BCUT2D eigenvalue weighted by molar-refractivity contribution is 6.25. The molecule has 0 spiro atoms.